The number of hydrogen-bond donors (Lipinski definition) is 0. The number of carbonyl (C=O) groups is 1. The standard InChI is InChI=1S/C9H16O2/c1-4-9(11-3)8(2)6-5-7-10/h6-7,9H,4-5H2,1-3H3/b8-6+. The second-order valence-electron chi connectivity index (χ2n) is 2.48. The molecule has 1 atom stereocenters. The SMILES string of the molecule is CCC(OC)/C(C)=C/CC=O. The van der Waals surface area contributed by atoms with Crippen molar-refractivity contribution >= 4 is 6.29 Å². The quantitative estimate of drug-likeness (QED) is 0.449. The topological polar surface area (TPSA) is 26.3 Å². The molecule has 0 heterocycles. The Balaban J connectivity index is 3.95. The van der Waals surface area contributed by atoms with E-state index in [9.17, 15) is 4.79 Å². The van der Waals surface area contributed by atoms with E-state index in [-0.39, 0.29) is 6.10 Å². The Kier molecular flexibility index (Phi) is 5.75. The largest absolute Gasteiger partial charge is 0.377 e. The molecule has 0 aromatic rings. The highest BCUT2D eigenvalue weighted by Gasteiger charge is 2.04. The first kappa shape index (κ1) is 10.4. The van der Waals surface area contributed by atoms with Crippen LogP contribution in [-0.4, -0.2) is 19.5 Å². The fraction of sp³-hybridized carbons (Fsp3) is 0.667. The number of methoxy groups -OCH3 is 1. The van der Waals surface area contributed by atoms with E-state index in [0.29, 0.717) is 6.42 Å². The van der Waals surface area contributed by atoms with E-state index in [4.69, 9.17) is 4.74 Å². The molecule has 0 radical (unpaired) electrons. The summed E-state index contributed by atoms with van der Waals surface area (Å²) in [5.74, 6) is 0. The van der Waals surface area contributed by atoms with Crippen LogP contribution in [0.5, 0.6) is 0 Å². The molecule has 0 aliphatic rings. The molecule has 0 N–H and O–H groups in total. The summed E-state index contributed by atoms with van der Waals surface area (Å²) in [7, 11) is 1.69. The van der Waals surface area contributed by atoms with Crippen LogP contribution in [0.2, 0.25) is 0 Å². The zero-order valence-corrected chi connectivity index (χ0v) is 7.46. The molecular weight excluding hydrogens is 140 g/mol. The van der Waals surface area contributed by atoms with Gasteiger partial charge in [-0.2, -0.15) is 0 Å². The van der Waals surface area contributed by atoms with Crippen LogP contribution < -0.4 is 0 Å². The van der Waals surface area contributed by atoms with E-state index in [1.807, 2.05) is 13.0 Å². The Morgan fingerprint density at radius 1 is 1.64 bits per heavy atom. The molecule has 2 nitrogen and oxygen atoms in total. The molecule has 0 bridgehead atoms. The Bertz CT molecular complexity index is 134. The van der Waals surface area contributed by atoms with Gasteiger partial charge in [0, 0.05) is 13.5 Å². The molecule has 0 amide bonds. The Morgan fingerprint density at radius 2 is 2.27 bits per heavy atom. The molecule has 0 fully saturated rings. The van der Waals surface area contributed by atoms with Gasteiger partial charge in [0.25, 0.3) is 0 Å². The average molecular weight is 156 g/mol. The maximum atomic E-state index is 10.0. The van der Waals surface area contributed by atoms with Crippen molar-refractivity contribution in [2.75, 3.05) is 7.11 Å². The third-order valence-electron chi connectivity index (χ3n) is 1.70. The molecule has 64 valence electrons. The van der Waals surface area contributed by atoms with Crippen molar-refractivity contribution < 1.29 is 9.53 Å². The zero-order valence-electron chi connectivity index (χ0n) is 7.46. The highest BCUT2D eigenvalue weighted by Crippen LogP contribution is 2.08. The van der Waals surface area contributed by atoms with Crippen molar-refractivity contribution in [1.29, 1.82) is 0 Å². The summed E-state index contributed by atoms with van der Waals surface area (Å²) in [6.07, 6.45) is 4.43. The molecule has 11 heavy (non-hydrogen) atoms. The highest BCUT2D eigenvalue weighted by molar-refractivity contribution is 5.52. The van der Waals surface area contributed by atoms with Gasteiger partial charge in [0.05, 0.1) is 6.10 Å². The minimum absolute atomic E-state index is 0.176. The summed E-state index contributed by atoms with van der Waals surface area (Å²) in [5, 5.41) is 0. The number of aldehydes is 1. The van der Waals surface area contributed by atoms with E-state index >= 15 is 0 Å². The van der Waals surface area contributed by atoms with Crippen molar-refractivity contribution in [3.8, 4) is 0 Å². The van der Waals surface area contributed by atoms with Crippen molar-refractivity contribution in [3.05, 3.63) is 11.6 Å². The molecule has 0 saturated heterocycles. The van der Waals surface area contributed by atoms with Gasteiger partial charge in [-0.1, -0.05) is 13.0 Å². The van der Waals surface area contributed by atoms with Gasteiger partial charge in [-0.25, -0.2) is 0 Å². The molecule has 2 heteroatoms. The molecular formula is C9H16O2. The van der Waals surface area contributed by atoms with Crippen molar-refractivity contribution in [2.45, 2.75) is 32.8 Å². The van der Waals surface area contributed by atoms with Crippen LogP contribution in [0.4, 0.5) is 0 Å². The molecule has 0 saturated carbocycles. The van der Waals surface area contributed by atoms with Gasteiger partial charge in [0.2, 0.25) is 0 Å². The average Bonchev–Trinajstić information content (AvgIpc) is 2.03. The maximum Gasteiger partial charge on any atom is 0.123 e. The smallest absolute Gasteiger partial charge is 0.123 e. The molecule has 1 unspecified atom stereocenters. The molecule has 0 aromatic carbocycles. The predicted octanol–water partition coefficient (Wildman–Crippen LogP) is 1.95. The van der Waals surface area contributed by atoms with Gasteiger partial charge in [0.15, 0.2) is 0 Å². The zero-order chi connectivity index (χ0) is 8.69. The van der Waals surface area contributed by atoms with E-state index in [0.717, 1.165) is 18.3 Å². The number of ether oxygens (including phenoxy) is 1. The van der Waals surface area contributed by atoms with Gasteiger partial charge in [0.1, 0.15) is 6.29 Å². The lowest BCUT2D eigenvalue weighted by molar-refractivity contribution is -0.107. The fourth-order valence-corrected chi connectivity index (χ4v) is 1.04. The van der Waals surface area contributed by atoms with Gasteiger partial charge in [-0.3, -0.25) is 0 Å². The van der Waals surface area contributed by atoms with E-state index < -0.39 is 0 Å². The minimum atomic E-state index is 0.176. The second kappa shape index (κ2) is 6.10. The van der Waals surface area contributed by atoms with Crippen molar-refractivity contribution in [3.63, 3.8) is 0 Å². The normalized spacial score (nSPS) is 14.6. The predicted molar refractivity (Wildman–Crippen MR) is 45.5 cm³/mol. The third kappa shape index (κ3) is 3.94. The third-order valence-corrected chi connectivity index (χ3v) is 1.70. The monoisotopic (exact) mass is 156 g/mol. The van der Waals surface area contributed by atoms with Crippen LogP contribution in [0.1, 0.15) is 26.7 Å². The number of hydrogen-bond acceptors (Lipinski definition) is 2. The van der Waals surface area contributed by atoms with Crippen molar-refractivity contribution in [2.24, 2.45) is 0 Å². The first-order valence-corrected chi connectivity index (χ1v) is 3.89. The lowest BCUT2D eigenvalue weighted by Gasteiger charge is -2.12. The Morgan fingerprint density at radius 3 is 2.64 bits per heavy atom. The van der Waals surface area contributed by atoms with Gasteiger partial charge < -0.3 is 9.53 Å². The van der Waals surface area contributed by atoms with Gasteiger partial charge >= 0.3 is 0 Å². The molecule has 0 aromatic heterocycles. The second-order valence-corrected chi connectivity index (χ2v) is 2.48. The summed E-state index contributed by atoms with van der Waals surface area (Å²) >= 11 is 0. The van der Waals surface area contributed by atoms with Crippen LogP contribution in [0, 0.1) is 0 Å². The van der Waals surface area contributed by atoms with Crippen LogP contribution in [0.3, 0.4) is 0 Å². The van der Waals surface area contributed by atoms with E-state index in [2.05, 4.69) is 6.92 Å². The first-order chi connectivity index (χ1) is 5.26. The van der Waals surface area contributed by atoms with Crippen LogP contribution in [0.15, 0.2) is 11.6 Å². The highest BCUT2D eigenvalue weighted by atomic mass is 16.5. The summed E-state index contributed by atoms with van der Waals surface area (Å²) in [6, 6.07) is 0. The van der Waals surface area contributed by atoms with E-state index in [1.54, 1.807) is 7.11 Å². The van der Waals surface area contributed by atoms with Crippen LogP contribution in [-0.2, 0) is 9.53 Å². The van der Waals surface area contributed by atoms with Crippen LogP contribution in [0.25, 0.3) is 0 Å². The molecule has 0 spiro atoms. The fourth-order valence-electron chi connectivity index (χ4n) is 1.04. The summed E-state index contributed by atoms with van der Waals surface area (Å²) in [5.41, 5.74) is 1.14. The number of carbonyl (C=O) groups excluding carboxylic acids is 1. The van der Waals surface area contributed by atoms with Crippen molar-refractivity contribution in [1.82, 2.24) is 0 Å². The summed E-state index contributed by atoms with van der Waals surface area (Å²) < 4.78 is 5.17. The molecule has 0 aliphatic carbocycles. The van der Waals surface area contributed by atoms with E-state index in [1.165, 1.54) is 0 Å². The Hall–Kier alpha value is -0.630. The number of rotatable bonds is 5. The minimum Gasteiger partial charge on any atom is -0.377 e. The lowest BCUT2D eigenvalue weighted by Crippen LogP contribution is -2.10. The van der Waals surface area contributed by atoms with Gasteiger partial charge in [-0.15, -0.1) is 0 Å². The van der Waals surface area contributed by atoms with Crippen LogP contribution >= 0.6 is 0 Å². The first-order valence-electron chi connectivity index (χ1n) is 3.89. The summed E-state index contributed by atoms with van der Waals surface area (Å²) in [6.45, 7) is 4.05. The van der Waals surface area contributed by atoms with Gasteiger partial charge in [-0.05, 0) is 18.9 Å². The Labute approximate surface area is 68.2 Å². The molecule has 0 rings (SSSR count). The maximum absolute atomic E-state index is 10.0. The lowest BCUT2D eigenvalue weighted by atomic mass is 10.1. The number of allylic oxidation sites excluding steroid dienone is 1. The molecule has 0 aliphatic heterocycles. The summed E-state index contributed by atoms with van der Waals surface area (Å²) in [4.78, 5) is 10.0.